The summed E-state index contributed by atoms with van der Waals surface area (Å²) in [5.74, 6) is -1.28. The summed E-state index contributed by atoms with van der Waals surface area (Å²) in [4.78, 5) is 28.8. The molecule has 0 bridgehead atoms. The average molecular weight is 277 g/mol. The third-order valence-electron chi connectivity index (χ3n) is 3.58. The largest absolute Gasteiger partial charge is 0.481 e. The second-order valence-electron chi connectivity index (χ2n) is 5.05. The molecule has 108 valence electrons. The Morgan fingerprint density at radius 1 is 1.55 bits per heavy atom. The molecule has 2 rings (SSSR count). The molecule has 1 fully saturated rings. The minimum atomic E-state index is -0.830. The maximum absolute atomic E-state index is 12.0. The van der Waals surface area contributed by atoms with Gasteiger partial charge in [0.25, 0.3) is 0 Å². The van der Waals surface area contributed by atoms with Gasteiger partial charge in [-0.2, -0.15) is 0 Å². The van der Waals surface area contributed by atoms with Crippen LogP contribution in [0.1, 0.15) is 24.1 Å². The second-order valence-corrected chi connectivity index (χ2v) is 5.05. The van der Waals surface area contributed by atoms with Crippen LogP contribution in [0.2, 0.25) is 0 Å². The number of carbonyl (C=O) groups is 2. The molecule has 1 aliphatic heterocycles. The molecule has 2 N–H and O–H groups in total. The van der Waals surface area contributed by atoms with Crippen molar-refractivity contribution in [2.24, 2.45) is 5.92 Å². The highest BCUT2D eigenvalue weighted by Crippen LogP contribution is 2.16. The minimum absolute atomic E-state index is 0.221. The Morgan fingerprint density at radius 2 is 2.35 bits per heavy atom. The Hall–Kier alpha value is -2.11. The van der Waals surface area contributed by atoms with Gasteiger partial charge < -0.3 is 15.3 Å². The van der Waals surface area contributed by atoms with E-state index in [0.29, 0.717) is 19.5 Å². The molecule has 2 heterocycles. The van der Waals surface area contributed by atoms with Gasteiger partial charge in [-0.15, -0.1) is 0 Å². The fourth-order valence-corrected chi connectivity index (χ4v) is 2.34. The van der Waals surface area contributed by atoms with Crippen LogP contribution in [0.5, 0.6) is 0 Å². The number of nitrogens with one attached hydrogen (secondary N) is 1. The zero-order chi connectivity index (χ0) is 14.5. The summed E-state index contributed by atoms with van der Waals surface area (Å²) in [6, 6.07) is 3.57. The Labute approximate surface area is 117 Å². The molecule has 0 spiro atoms. The molecule has 1 atom stereocenters. The fourth-order valence-electron chi connectivity index (χ4n) is 2.34. The molecule has 1 unspecified atom stereocenters. The first kappa shape index (κ1) is 14.3. The standard InChI is InChI=1S/C14H19N3O3/c1-10-4-2-6-15-12(10)8-16-14(20)17-7-3-5-11(9-17)13(18)19/h2,4,6,11H,3,5,7-9H2,1H3,(H,16,20)(H,18,19). The van der Waals surface area contributed by atoms with Crippen LogP contribution in [0.15, 0.2) is 18.3 Å². The number of carboxylic acids is 1. The molecule has 0 aromatic carbocycles. The molecule has 1 saturated heterocycles. The number of hydrogen-bond acceptors (Lipinski definition) is 3. The van der Waals surface area contributed by atoms with Crippen molar-refractivity contribution in [3.63, 3.8) is 0 Å². The van der Waals surface area contributed by atoms with Gasteiger partial charge in [-0.25, -0.2) is 4.79 Å². The minimum Gasteiger partial charge on any atom is -0.481 e. The van der Waals surface area contributed by atoms with E-state index in [0.717, 1.165) is 17.7 Å². The van der Waals surface area contributed by atoms with Crippen molar-refractivity contribution in [2.45, 2.75) is 26.3 Å². The number of carboxylic acid groups (broad SMARTS) is 1. The lowest BCUT2D eigenvalue weighted by atomic mass is 9.99. The average Bonchev–Trinajstić information content (AvgIpc) is 2.46. The van der Waals surface area contributed by atoms with Gasteiger partial charge in [0.2, 0.25) is 0 Å². The summed E-state index contributed by atoms with van der Waals surface area (Å²) >= 11 is 0. The molecular formula is C14H19N3O3. The number of aryl methyl sites for hydroxylation is 1. The van der Waals surface area contributed by atoms with E-state index in [4.69, 9.17) is 5.11 Å². The molecular weight excluding hydrogens is 258 g/mol. The monoisotopic (exact) mass is 277 g/mol. The third-order valence-corrected chi connectivity index (χ3v) is 3.58. The van der Waals surface area contributed by atoms with Gasteiger partial charge in [-0.3, -0.25) is 9.78 Å². The highest BCUT2D eigenvalue weighted by molar-refractivity contribution is 5.76. The predicted octanol–water partition coefficient (Wildman–Crippen LogP) is 1.40. The molecule has 1 aromatic heterocycles. The van der Waals surface area contributed by atoms with Gasteiger partial charge in [-0.05, 0) is 31.4 Å². The lowest BCUT2D eigenvalue weighted by molar-refractivity contribution is -0.143. The zero-order valence-electron chi connectivity index (χ0n) is 11.5. The smallest absolute Gasteiger partial charge is 0.317 e. The highest BCUT2D eigenvalue weighted by atomic mass is 16.4. The number of nitrogens with zero attached hydrogens (tertiary/aromatic N) is 2. The van der Waals surface area contributed by atoms with E-state index in [1.165, 1.54) is 0 Å². The van der Waals surface area contributed by atoms with Crippen molar-refractivity contribution in [1.82, 2.24) is 15.2 Å². The summed E-state index contributed by atoms with van der Waals surface area (Å²) in [6.45, 7) is 3.19. The number of hydrogen-bond donors (Lipinski definition) is 2. The van der Waals surface area contributed by atoms with Crippen LogP contribution in [0.25, 0.3) is 0 Å². The van der Waals surface area contributed by atoms with Crippen molar-refractivity contribution in [1.29, 1.82) is 0 Å². The van der Waals surface area contributed by atoms with Crippen LogP contribution in [-0.4, -0.2) is 40.1 Å². The lowest BCUT2D eigenvalue weighted by Crippen LogP contribution is -2.46. The van der Waals surface area contributed by atoms with Gasteiger partial charge >= 0.3 is 12.0 Å². The Morgan fingerprint density at radius 3 is 3.05 bits per heavy atom. The molecule has 1 aromatic rings. The van der Waals surface area contributed by atoms with Crippen LogP contribution in [-0.2, 0) is 11.3 Å². The Kier molecular flexibility index (Phi) is 4.55. The second kappa shape index (κ2) is 6.36. The van der Waals surface area contributed by atoms with Crippen molar-refractivity contribution in [3.8, 4) is 0 Å². The number of likely N-dealkylation sites (tertiary alicyclic amines) is 1. The molecule has 0 saturated carbocycles. The topological polar surface area (TPSA) is 82.5 Å². The van der Waals surface area contributed by atoms with Crippen LogP contribution >= 0.6 is 0 Å². The molecule has 6 nitrogen and oxygen atoms in total. The SMILES string of the molecule is Cc1cccnc1CNC(=O)N1CCCC(C(=O)O)C1. The van der Waals surface area contributed by atoms with Gasteiger partial charge in [0.05, 0.1) is 18.2 Å². The van der Waals surface area contributed by atoms with Crippen molar-refractivity contribution >= 4 is 12.0 Å². The summed E-state index contributed by atoms with van der Waals surface area (Å²) < 4.78 is 0. The summed E-state index contributed by atoms with van der Waals surface area (Å²) in [5.41, 5.74) is 1.85. The number of pyridine rings is 1. The van der Waals surface area contributed by atoms with Crippen molar-refractivity contribution < 1.29 is 14.7 Å². The van der Waals surface area contributed by atoms with Crippen LogP contribution in [0, 0.1) is 12.8 Å². The van der Waals surface area contributed by atoms with Crippen molar-refractivity contribution in [3.05, 3.63) is 29.6 Å². The first-order valence-corrected chi connectivity index (χ1v) is 6.74. The Bertz CT molecular complexity index is 504. The number of piperidine rings is 1. The van der Waals surface area contributed by atoms with E-state index in [-0.39, 0.29) is 12.6 Å². The zero-order valence-corrected chi connectivity index (χ0v) is 11.5. The van der Waals surface area contributed by atoms with E-state index in [9.17, 15) is 9.59 Å². The molecule has 6 heteroatoms. The van der Waals surface area contributed by atoms with E-state index < -0.39 is 11.9 Å². The number of carbonyl (C=O) groups excluding carboxylic acids is 1. The molecule has 2 amide bonds. The summed E-state index contributed by atoms with van der Waals surface area (Å²) in [6.07, 6.45) is 3.06. The predicted molar refractivity (Wildman–Crippen MR) is 73.1 cm³/mol. The maximum Gasteiger partial charge on any atom is 0.317 e. The lowest BCUT2D eigenvalue weighted by Gasteiger charge is -2.30. The van der Waals surface area contributed by atoms with E-state index in [1.807, 2.05) is 19.1 Å². The number of amides is 2. The molecule has 20 heavy (non-hydrogen) atoms. The third kappa shape index (κ3) is 3.46. The quantitative estimate of drug-likeness (QED) is 0.874. The molecule has 0 radical (unpaired) electrons. The maximum atomic E-state index is 12.0. The molecule has 0 aliphatic carbocycles. The summed E-state index contributed by atoms with van der Waals surface area (Å²) in [5, 5.41) is 11.8. The van der Waals surface area contributed by atoms with Crippen LogP contribution in [0.4, 0.5) is 4.79 Å². The summed E-state index contributed by atoms with van der Waals surface area (Å²) in [7, 11) is 0. The van der Waals surface area contributed by atoms with Crippen LogP contribution in [0.3, 0.4) is 0 Å². The van der Waals surface area contributed by atoms with Gasteiger partial charge in [0, 0.05) is 19.3 Å². The normalized spacial score (nSPS) is 18.6. The van der Waals surface area contributed by atoms with Crippen LogP contribution < -0.4 is 5.32 Å². The highest BCUT2D eigenvalue weighted by Gasteiger charge is 2.27. The van der Waals surface area contributed by atoms with E-state index >= 15 is 0 Å². The number of aromatic nitrogens is 1. The number of rotatable bonds is 3. The van der Waals surface area contributed by atoms with Gasteiger partial charge in [0.1, 0.15) is 0 Å². The van der Waals surface area contributed by atoms with Gasteiger partial charge in [-0.1, -0.05) is 6.07 Å². The fraction of sp³-hybridized carbons (Fsp3) is 0.500. The number of aliphatic carboxylic acids is 1. The Balaban J connectivity index is 1.89. The van der Waals surface area contributed by atoms with E-state index in [2.05, 4.69) is 10.3 Å². The van der Waals surface area contributed by atoms with Gasteiger partial charge in [0.15, 0.2) is 0 Å². The van der Waals surface area contributed by atoms with Crippen molar-refractivity contribution in [2.75, 3.05) is 13.1 Å². The first-order valence-electron chi connectivity index (χ1n) is 6.74. The van der Waals surface area contributed by atoms with E-state index in [1.54, 1.807) is 11.1 Å². The first-order chi connectivity index (χ1) is 9.58. The number of urea groups is 1. The molecule has 1 aliphatic rings.